The summed E-state index contributed by atoms with van der Waals surface area (Å²) >= 11 is 0. The van der Waals surface area contributed by atoms with Gasteiger partial charge in [0.2, 0.25) is 0 Å². The van der Waals surface area contributed by atoms with Gasteiger partial charge < -0.3 is 16.0 Å². The van der Waals surface area contributed by atoms with Crippen molar-refractivity contribution in [2.45, 2.75) is 39.8 Å². The molecule has 0 atom stereocenters. The Balaban J connectivity index is 1.57. The number of amides is 3. The third-order valence-electron chi connectivity index (χ3n) is 5.30. The maximum atomic E-state index is 12.7. The van der Waals surface area contributed by atoms with Crippen LogP contribution in [0.3, 0.4) is 0 Å². The summed E-state index contributed by atoms with van der Waals surface area (Å²) in [4.78, 5) is 37.4. The first-order valence-corrected chi connectivity index (χ1v) is 10.9. The molecule has 0 aliphatic carbocycles. The largest absolute Gasteiger partial charge is 0.348 e. The zero-order valence-corrected chi connectivity index (χ0v) is 19.1. The van der Waals surface area contributed by atoms with Gasteiger partial charge in [-0.25, -0.2) is 0 Å². The number of aryl methyl sites for hydroxylation is 1. The molecule has 3 aromatic rings. The first kappa shape index (κ1) is 23.7. The molecule has 3 N–H and O–H groups in total. The topological polar surface area (TPSA) is 87.3 Å². The van der Waals surface area contributed by atoms with E-state index in [0.29, 0.717) is 12.5 Å². The van der Waals surface area contributed by atoms with Crippen molar-refractivity contribution in [3.05, 3.63) is 101 Å². The summed E-state index contributed by atoms with van der Waals surface area (Å²) in [7, 11) is 0. The maximum Gasteiger partial charge on any atom is 0.313 e. The van der Waals surface area contributed by atoms with Crippen molar-refractivity contribution in [3.8, 4) is 0 Å². The van der Waals surface area contributed by atoms with Crippen molar-refractivity contribution in [2.75, 3.05) is 5.32 Å². The fourth-order valence-corrected chi connectivity index (χ4v) is 3.24. The second-order valence-corrected chi connectivity index (χ2v) is 8.25. The highest BCUT2D eigenvalue weighted by Crippen LogP contribution is 2.16. The predicted molar refractivity (Wildman–Crippen MR) is 130 cm³/mol. The number of hydrogen-bond donors (Lipinski definition) is 3. The molecule has 0 aromatic heterocycles. The summed E-state index contributed by atoms with van der Waals surface area (Å²) in [5, 5.41) is 8.01. The monoisotopic (exact) mass is 443 g/mol. The van der Waals surface area contributed by atoms with E-state index in [1.165, 1.54) is 5.56 Å². The molecule has 170 valence electrons. The molecule has 3 rings (SSSR count). The normalized spacial score (nSPS) is 10.5. The molecule has 6 heteroatoms. The second-order valence-electron chi connectivity index (χ2n) is 8.25. The highest BCUT2D eigenvalue weighted by atomic mass is 16.2. The van der Waals surface area contributed by atoms with E-state index in [1.807, 2.05) is 55.5 Å². The van der Waals surface area contributed by atoms with Gasteiger partial charge in [-0.2, -0.15) is 0 Å². The van der Waals surface area contributed by atoms with Gasteiger partial charge in [-0.15, -0.1) is 0 Å². The Morgan fingerprint density at radius 1 is 0.727 bits per heavy atom. The van der Waals surface area contributed by atoms with Crippen molar-refractivity contribution in [3.63, 3.8) is 0 Å². The van der Waals surface area contributed by atoms with Crippen LogP contribution in [0.2, 0.25) is 0 Å². The van der Waals surface area contributed by atoms with E-state index in [4.69, 9.17) is 0 Å². The lowest BCUT2D eigenvalue weighted by molar-refractivity contribution is -0.136. The van der Waals surface area contributed by atoms with Crippen LogP contribution in [0.1, 0.15) is 52.4 Å². The lowest BCUT2D eigenvalue weighted by Gasteiger charge is -2.12. The summed E-state index contributed by atoms with van der Waals surface area (Å²) in [6.07, 6.45) is 0. The molecule has 0 aliphatic heterocycles. The van der Waals surface area contributed by atoms with Gasteiger partial charge in [0.25, 0.3) is 5.91 Å². The summed E-state index contributed by atoms with van der Waals surface area (Å²) < 4.78 is 0. The van der Waals surface area contributed by atoms with Gasteiger partial charge in [0, 0.05) is 13.1 Å². The molecule has 0 aliphatic rings. The van der Waals surface area contributed by atoms with E-state index in [9.17, 15) is 14.4 Å². The van der Waals surface area contributed by atoms with Gasteiger partial charge in [-0.3, -0.25) is 14.4 Å². The molecular weight excluding hydrogens is 414 g/mol. The molecule has 0 saturated heterocycles. The van der Waals surface area contributed by atoms with Crippen molar-refractivity contribution in [1.29, 1.82) is 0 Å². The average molecular weight is 444 g/mol. The van der Waals surface area contributed by atoms with E-state index in [0.717, 1.165) is 16.7 Å². The highest BCUT2D eigenvalue weighted by Gasteiger charge is 2.17. The van der Waals surface area contributed by atoms with Crippen LogP contribution in [0, 0.1) is 6.92 Å². The fourth-order valence-electron chi connectivity index (χ4n) is 3.24. The third kappa shape index (κ3) is 6.77. The van der Waals surface area contributed by atoms with Crippen LogP contribution in [-0.4, -0.2) is 17.7 Å². The number of carbonyl (C=O) groups excluding carboxylic acids is 3. The Morgan fingerprint density at radius 3 is 1.94 bits per heavy atom. The number of carbonyl (C=O) groups is 3. The van der Waals surface area contributed by atoms with Crippen molar-refractivity contribution >= 4 is 23.4 Å². The molecule has 0 unspecified atom stereocenters. The van der Waals surface area contributed by atoms with E-state index in [1.54, 1.807) is 24.3 Å². The quantitative estimate of drug-likeness (QED) is 0.476. The Bertz CT molecular complexity index is 1120. The van der Waals surface area contributed by atoms with Crippen LogP contribution in [-0.2, 0) is 22.7 Å². The summed E-state index contributed by atoms with van der Waals surface area (Å²) in [5.74, 6) is -1.50. The van der Waals surface area contributed by atoms with Crippen molar-refractivity contribution in [1.82, 2.24) is 10.6 Å². The van der Waals surface area contributed by atoms with Crippen LogP contribution in [0.25, 0.3) is 0 Å². The van der Waals surface area contributed by atoms with Crippen molar-refractivity contribution < 1.29 is 14.4 Å². The van der Waals surface area contributed by atoms with Crippen LogP contribution in [0.15, 0.2) is 72.8 Å². The molecule has 3 aromatic carbocycles. The first-order chi connectivity index (χ1) is 15.8. The predicted octanol–water partition coefficient (Wildman–Crippen LogP) is 4.30. The third-order valence-corrected chi connectivity index (χ3v) is 5.30. The molecule has 6 nitrogen and oxygen atoms in total. The molecule has 0 saturated carbocycles. The number of hydrogen-bond acceptors (Lipinski definition) is 3. The van der Waals surface area contributed by atoms with Crippen LogP contribution in [0.5, 0.6) is 0 Å². The maximum absolute atomic E-state index is 12.7. The number of benzene rings is 3. The average Bonchev–Trinajstić information content (AvgIpc) is 2.82. The van der Waals surface area contributed by atoms with Crippen LogP contribution in [0.4, 0.5) is 5.69 Å². The second kappa shape index (κ2) is 11.1. The smallest absolute Gasteiger partial charge is 0.313 e. The molecular formula is C27H29N3O3. The zero-order valence-electron chi connectivity index (χ0n) is 19.1. The number of rotatable bonds is 7. The minimum atomic E-state index is -0.826. The van der Waals surface area contributed by atoms with Crippen LogP contribution >= 0.6 is 0 Å². The van der Waals surface area contributed by atoms with Crippen LogP contribution < -0.4 is 16.0 Å². The summed E-state index contributed by atoms with van der Waals surface area (Å²) in [6, 6.07) is 22.3. The van der Waals surface area contributed by atoms with Gasteiger partial charge in [0.1, 0.15) is 0 Å². The lowest BCUT2D eigenvalue weighted by Crippen LogP contribution is -2.35. The first-order valence-electron chi connectivity index (χ1n) is 10.9. The Hall–Kier alpha value is -3.93. The van der Waals surface area contributed by atoms with Gasteiger partial charge in [0.05, 0.1) is 11.3 Å². The lowest BCUT2D eigenvalue weighted by atomic mass is 10.0. The number of anilines is 1. The van der Waals surface area contributed by atoms with Gasteiger partial charge in [0.15, 0.2) is 0 Å². The molecule has 0 radical (unpaired) electrons. The molecule has 0 spiro atoms. The molecule has 0 fully saturated rings. The minimum absolute atomic E-state index is 0.239. The Labute approximate surface area is 194 Å². The fraction of sp³-hybridized carbons (Fsp3) is 0.222. The van der Waals surface area contributed by atoms with Gasteiger partial charge in [-0.1, -0.05) is 80.1 Å². The SMILES string of the molecule is Cc1ccc(CNC(=O)c2ccccc2NC(=O)C(=O)NCc2ccc(C(C)C)cc2)cc1. The number of nitrogens with one attached hydrogen (secondary N) is 3. The van der Waals surface area contributed by atoms with Crippen molar-refractivity contribution in [2.24, 2.45) is 0 Å². The minimum Gasteiger partial charge on any atom is -0.348 e. The molecule has 3 amide bonds. The van der Waals surface area contributed by atoms with E-state index < -0.39 is 11.8 Å². The van der Waals surface area contributed by atoms with Gasteiger partial charge >= 0.3 is 11.8 Å². The summed E-state index contributed by atoms with van der Waals surface area (Å²) in [6.45, 7) is 6.82. The van der Waals surface area contributed by atoms with Gasteiger partial charge in [-0.05, 0) is 41.7 Å². The molecule has 33 heavy (non-hydrogen) atoms. The molecule has 0 heterocycles. The number of para-hydroxylation sites is 1. The highest BCUT2D eigenvalue weighted by molar-refractivity contribution is 6.40. The van der Waals surface area contributed by atoms with E-state index in [2.05, 4.69) is 29.8 Å². The molecule has 0 bridgehead atoms. The summed E-state index contributed by atoms with van der Waals surface area (Å²) in [5.41, 5.74) is 4.78. The van der Waals surface area contributed by atoms with E-state index >= 15 is 0 Å². The Kier molecular flexibility index (Phi) is 7.97. The standard InChI is InChI=1S/C27H29N3O3/c1-18(2)22-14-12-21(13-15-22)17-29-26(32)27(33)30-24-7-5-4-6-23(24)25(31)28-16-20-10-8-19(3)9-11-20/h4-15,18H,16-17H2,1-3H3,(H,28,31)(H,29,32)(H,30,33). The van der Waals surface area contributed by atoms with E-state index in [-0.39, 0.29) is 23.7 Å². The zero-order chi connectivity index (χ0) is 23.8. The Morgan fingerprint density at radius 2 is 1.30 bits per heavy atom.